The maximum absolute atomic E-state index is 8.86. The molecule has 18 heavy (non-hydrogen) atoms. The first-order valence-corrected chi connectivity index (χ1v) is 6.15. The minimum Gasteiger partial charge on any atom is -0.484 e. The van der Waals surface area contributed by atoms with Crippen LogP contribution in [0.2, 0.25) is 0 Å². The zero-order valence-electron chi connectivity index (χ0n) is 10.2. The molecule has 0 aliphatic rings. The van der Waals surface area contributed by atoms with E-state index in [2.05, 4.69) is 14.3 Å². The van der Waals surface area contributed by atoms with Crippen LogP contribution in [0.1, 0.15) is 11.5 Å². The molecular formula is C11H14N4O2S. The summed E-state index contributed by atoms with van der Waals surface area (Å²) in [6, 6.07) is 3.48. The smallest absolute Gasteiger partial charge is 0.204 e. The number of rotatable bonds is 5. The fraction of sp³-hybridized carbons (Fsp3) is 0.364. The van der Waals surface area contributed by atoms with E-state index >= 15 is 0 Å². The number of pyridine rings is 1. The fourth-order valence-corrected chi connectivity index (χ4v) is 1.81. The number of nitrogens with zero attached hydrogens (tertiary/aromatic N) is 4. The van der Waals surface area contributed by atoms with Crippen LogP contribution in [-0.4, -0.2) is 33.5 Å². The third kappa shape index (κ3) is 3.14. The molecule has 0 amide bonds. The Morgan fingerprint density at radius 1 is 1.39 bits per heavy atom. The Bertz CT molecular complexity index is 498. The summed E-state index contributed by atoms with van der Waals surface area (Å²) in [6.07, 6.45) is 1.57. The maximum Gasteiger partial charge on any atom is 0.204 e. The van der Waals surface area contributed by atoms with Gasteiger partial charge in [-0.15, -0.1) is 0 Å². The van der Waals surface area contributed by atoms with Gasteiger partial charge in [-0.25, -0.2) is 0 Å². The molecule has 7 heteroatoms. The second-order valence-corrected chi connectivity index (χ2v) is 4.55. The Balaban J connectivity index is 1.93. The summed E-state index contributed by atoms with van der Waals surface area (Å²) in [5.74, 6) is 1.28. The number of aliphatic hydroxyl groups is 1. The topological polar surface area (TPSA) is 71.4 Å². The largest absolute Gasteiger partial charge is 0.484 e. The van der Waals surface area contributed by atoms with Crippen LogP contribution in [0.3, 0.4) is 0 Å². The van der Waals surface area contributed by atoms with Crippen molar-refractivity contribution in [3.63, 3.8) is 0 Å². The molecule has 0 saturated heterocycles. The van der Waals surface area contributed by atoms with Gasteiger partial charge in [0.2, 0.25) is 5.13 Å². The molecule has 0 aliphatic heterocycles. The highest BCUT2D eigenvalue weighted by Crippen LogP contribution is 2.16. The molecule has 0 aliphatic carbocycles. The van der Waals surface area contributed by atoms with Crippen LogP contribution in [0.25, 0.3) is 0 Å². The number of aliphatic hydroxyl groups excluding tert-OH is 1. The van der Waals surface area contributed by atoms with Gasteiger partial charge in [0.05, 0.1) is 18.5 Å². The van der Waals surface area contributed by atoms with E-state index in [1.807, 2.05) is 19.0 Å². The normalized spacial score (nSPS) is 10.4. The molecule has 2 aromatic heterocycles. The van der Waals surface area contributed by atoms with Crippen molar-refractivity contribution in [3.8, 4) is 5.75 Å². The number of aromatic nitrogens is 3. The van der Waals surface area contributed by atoms with E-state index in [1.165, 1.54) is 11.5 Å². The first kappa shape index (κ1) is 12.7. The molecule has 0 atom stereocenters. The lowest BCUT2D eigenvalue weighted by atomic mass is 10.3. The van der Waals surface area contributed by atoms with Crippen LogP contribution >= 0.6 is 11.5 Å². The quantitative estimate of drug-likeness (QED) is 0.873. The first-order valence-electron chi connectivity index (χ1n) is 5.37. The van der Waals surface area contributed by atoms with Gasteiger partial charge in [0.1, 0.15) is 12.4 Å². The minimum absolute atomic E-state index is 0.0693. The van der Waals surface area contributed by atoms with Crippen LogP contribution in [0.5, 0.6) is 5.75 Å². The van der Waals surface area contributed by atoms with Crippen molar-refractivity contribution in [2.45, 2.75) is 13.2 Å². The Morgan fingerprint density at radius 2 is 2.22 bits per heavy atom. The number of hydrogen-bond donors (Lipinski definition) is 1. The Morgan fingerprint density at radius 3 is 2.78 bits per heavy atom. The Kier molecular flexibility index (Phi) is 4.06. The second kappa shape index (κ2) is 5.74. The highest BCUT2D eigenvalue weighted by Gasteiger charge is 2.06. The molecule has 0 radical (unpaired) electrons. The summed E-state index contributed by atoms with van der Waals surface area (Å²) in [7, 11) is 3.84. The van der Waals surface area contributed by atoms with E-state index in [-0.39, 0.29) is 6.61 Å². The molecule has 0 bridgehead atoms. The van der Waals surface area contributed by atoms with Gasteiger partial charge in [0.15, 0.2) is 5.82 Å². The van der Waals surface area contributed by atoms with Crippen molar-refractivity contribution in [2.75, 3.05) is 19.0 Å². The summed E-state index contributed by atoms with van der Waals surface area (Å²) >= 11 is 1.33. The summed E-state index contributed by atoms with van der Waals surface area (Å²) in [4.78, 5) is 10.2. The van der Waals surface area contributed by atoms with Crippen molar-refractivity contribution in [3.05, 3.63) is 29.8 Å². The van der Waals surface area contributed by atoms with Crippen LogP contribution in [0.15, 0.2) is 18.3 Å². The van der Waals surface area contributed by atoms with Gasteiger partial charge in [0.25, 0.3) is 0 Å². The van der Waals surface area contributed by atoms with E-state index in [0.717, 1.165) is 5.13 Å². The second-order valence-electron chi connectivity index (χ2n) is 3.82. The van der Waals surface area contributed by atoms with Gasteiger partial charge in [0, 0.05) is 25.6 Å². The molecule has 0 saturated carbocycles. The fourth-order valence-electron chi connectivity index (χ4n) is 1.22. The number of hydrogen-bond acceptors (Lipinski definition) is 7. The van der Waals surface area contributed by atoms with Crippen LogP contribution in [0, 0.1) is 0 Å². The van der Waals surface area contributed by atoms with Crippen molar-refractivity contribution in [2.24, 2.45) is 0 Å². The SMILES string of the molecule is CN(C)c1nc(COc2ccc(CO)nc2)ns1. The van der Waals surface area contributed by atoms with E-state index < -0.39 is 0 Å². The zero-order chi connectivity index (χ0) is 13.0. The third-order valence-corrected chi connectivity index (χ3v) is 3.09. The number of ether oxygens (including phenoxy) is 1. The highest BCUT2D eigenvalue weighted by molar-refractivity contribution is 7.09. The third-order valence-electron chi connectivity index (χ3n) is 2.17. The average molecular weight is 266 g/mol. The van der Waals surface area contributed by atoms with Crippen LogP contribution < -0.4 is 9.64 Å². The zero-order valence-corrected chi connectivity index (χ0v) is 11.0. The molecule has 0 spiro atoms. The molecule has 2 rings (SSSR count). The molecular weight excluding hydrogens is 252 g/mol. The van der Waals surface area contributed by atoms with Crippen molar-refractivity contribution < 1.29 is 9.84 Å². The highest BCUT2D eigenvalue weighted by atomic mass is 32.1. The predicted octanol–water partition coefficient (Wildman–Crippen LogP) is 1.07. The molecule has 2 aromatic rings. The summed E-state index contributed by atoms with van der Waals surface area (Å²) < 4.78 is 9.69. The van der Waals surface area contributed by atoms with E-state index in [4.69, 9.17) is 9.84 Å². The predicted molar refractivity (Wildman–Crippen MR) is 68.7 cm³/mol. The van der Waals surface area contributed by atoms with Crippen molar-refractivity contribution >= 4 is 16.7 Å². The van der Waals surface area contributed by atoms with E-state index in [9.17, 15) is 0 Å². The van der Waals surface area contributed by atoms with Gasteiger partial charge < -0.3 is 14.7 Å². The van der Waals surface area contributed by atoms with Crippen LogP contribution in [-0.2, 0) is 13.2 Å². The molecule has 2 heterocycles. The van der Waals surface area contributed by atoms with E-state index in [1.54, 1.807) is 18.3 Å². The van der Waals surface area contributed by atoms with Gasteiger partial charge in [-0.1, -0.05) is 0 Å². The van der Waals surface area contributed by atoms with Crippen LogP contribution in [0.4, 0.5) is 5.13 Å². The molecule has 0 aromatic carbocycles. The molecule has 96 valence electrons. The van der Waals surface area contributed by atoms with Gasteiger partial charge in [-0.3, -0.25) is 4.98 Å². The lowest BCUT2D eigenvalue weighted by Gasteiger charge is -2.05. The van der Waals surface area contributed by atoms with E-state index in [0.29, 0.717) is 23.9 Å². The average Bonchev–Trinajstić information content (AvgIpc) is 2.86. The Labute approximate surface area is 109 Å². The standard InChI is InChI=1S/C11H14N4O2S/c1-15(2)11-13-10(14-18-11)7-17-9-4-3-8(6-16)12-5-9/h3-5,16H,6-7H2,1-2H3. The van der Waals surface area contributed by atoms with Crippen molar-refractivity contribution in [1.29, 1.82) is 0 Å². The summed E-state index contributed by atoms with van der Waals surface area (Å²) in [6.45, 7) is 0.241. The molecule has 6 nitrogen and oxygen atoms in total. The molecule has 0 unspecified atom stereocenters. The van der Waals surface area contributed by atoms with Gasteiger partial charge in [-0.05, 0) is 12.1 Å². The minimum atomic E-state index is -0.0693. The Hall–Kier alpha value is -1.73. The van der Waals surface area contributed by atoms with Crippen molar-refractivity contribution in [1.82, 2.24) is 14.3 Å². The molecule has 0 fully saturated rings. The number of anilines is 1. The molecule has 1 N–H and O–H groups in total. The van der Waals surface area contributed by atoms with Gasteiger partial charge >= 0.3 is 0 Å². The maximum atomic E-state index is 8.86. The van der Waals surface area contributed by atoms with Gasteiger partial charge in [-0.2, -0.15) is 9.36 Å². The lowest BCUT2D eigenvalue weighted by molar-refractivity contribution is 0.274. The summed E-state index contributed by atoms with van der Waals surface area (Å²) in [5, 5.41) is 9.71. The lowest BCUT2D eigenvalue weighted by Crippen LogP contribution is -2.08. The summed E-state index contributed by atoms with van der Waals surface area (Å²) in [5.41, 5.74) is 0.615. The monoisotopic (exact) mass is 266 g/mol. The first-order chi connectivity index (χ1) is 8.69.